The van der Waals surface area contributed by atoms with E-state index in [2.05, 4.69) is 5.32 Å². The molecular formula is C18H16N2O5. The largest absolute Gasteiger partial charge is 0.497 e. The lowest BCUT2D eigenvalue weighted by Crippen LogP contribution is -2.24. The molecule has 0 spiro atoms. The Morgan fingerprint density at radius 1 is 1.04 bits per heavy atom. The first-order valence-corrected chi connectivity index (χ1v) is 7.34. The van der Waals surface area contributed by atoms with Crippen LogP contribution in [0.5, 0.6) is 11.5 Å². The minimum atomic E-state index is -0.681. The van der Waals surface area contributed by atoms with E-state index in [1.54, 1.807) is 55.6 Å². The third-order valence-electron chi connectivity index (χ3n) is 3.10. The Hall–Kier alpha value is -3.53. The van der Waals surface area contributed by atoms with Gasteiger partial charge in [-0.25, -0.2) is 4.79 Å². The van der Waals surface area contributed by atoms with Gasteiger partial charge in [0.25, 0.3) is 5.91 Å². The fourth-order valence-corrected chi connectivity index (χ4v) is 1.88. The van der Waals surface area contributed by atoms with E-state index in [4.69, 9.17) is 19.5 Å². The minimum Gasteiger partial charge on any atom is -0.497 e. The Morgan fingerprint density at radius 2 is 1.72 bits per heavy atom. The number of hydrogen-bond acceptors (Lipinski definition) is 6. The molecular weight excluding hydrogens is 324 g/mol. The zero-order valence-corrected chi connectivity index (χ0v) is 13.5. The van der Waals surface area contributed by atoms with Gasteiger partial charge in [-0.2, -0.15) is 5.26 Å². The molecule has 0 aliphatic carbocycles. The predicted molar refractivity (Wildman–Crippen MR) is 89.2 cm³/mol. The standard InChI is InChI=1S/C18H16N2O5/c1-23-14-6-8-15(9-7-14)24-12-18(22)25-11-17(21)20-16-5-3-2-4-13(16)10-19/h2-9H,11-12H2,1H3,(H,20,21). The third kappa shape index (κ3) is 5.55. The summed E-state index contributed by atoms with van der Waals surface area (Å²) < 4.78 is 15.1. The van der Waals surface area contributed by atoms with Crippen molar-refractivity contribution in [3.8, 4) is 17.6 Å². The van der Waals surface area contributed by atoms with Crippen molar-refractivity contribution < 1.29 is 23.8 Å². The summed E-state index contributed by atoms with van der Waals surface area (Å²) in [6.07, 6.45) is 0. The van der Waals surface area contributed by atoms with Crippen LogP contribution in [0.3, 0.4) is 0 Å². The van der Waals surface area contributed by atoms with E-state index in [0.29, 0.717) is 22.7 Å². The molecule has 7 heteroatoms. The molecule has 2 aromatic rings. The van der Waals surface area contributed by atoms with E-state index in [1.807, 2.05) is 6.07 Å². The Labute approximate surface area is 144 Å². The number of carbonyl (C=O) groups is 2. The van der Waals surface area contributed by atoms with Crippen LogP contribution in [0.4, 0.5) is 5.69 Å². The number of ether oxygens (including phenoxy) is 3. The van der Waals surface area contributed by atoms with Gasteiger partial charge in [0.1, 0.15) is 17.6 Å². The fraction of sp³-hybridized carbons (Fsp3) is 0.167. The summed E-state index contributed by atoms with van der Waals surface area (Å²) in [6, 6.07) is 15.2. The van der Waals surface area contributed by atoms with Crippen molar-refractivity contribution in [1.29, 1.82) is 5.26 Å². The molecule has 2 aromatic carbocycles. The fourth-order valence-electron chi connectivity index (χ4n) is 1.88. The molecule has 25 heavy (non-hydrogen) atoms. The first-order valence-electron chi connectivity index (χ1n) is 7.34. The number of para-hydroxylation sites is 1. The number of carbonyl (C=O) groups excluding carboxylic acids is 2. The van der Waals surface area contributed by atoms with Crippen LogP contribution in [0.2, 0.25) is 0 Å². The quantitative estimate of drug-likeness (QED) is 0.776. The van der Waals surface area contributed by atoms with E-state index in [-0.39, 0.29) is 6.61 Å². The number of nitrogens with zero attached hydrogens (tertiary/aromatic N) is 1. The molecule has 0 saturated heterocycles. The van der Waals surface area contributed by atoms with Crippen molar-refractivity contribution >= 4 is 17.6 Å². The topological polar surface area (TPSA) is 97.7 Å². The Bertz CT molecular complexity index is 781. The highest BCUT2D eigenvalue weighted by atomic mass is 16.6. The van der Waals surface area contributed by atoms with Gasteiger partial charge in [-0.05, 0) is 36.4 Å². The molecule has 0 saturated carbocycles. The first-order chi connectivity index (χ1) is 12.1. The maximum absolute atomic E-state index is 11.8. The van der Waals surface area contributed by atoms with Gasteiger partial charge in [-0.3, -0.25) is 4.79 Å². The number of rotatable bonds is 7. The summed E-state index contributed by atoms with van der Waals surface area (Å²) in [4.78, 5) is 23.4. The Balaban J connectivity index is 1.75. The molecule has 0 aromatic heterocycles. The van der Waals surface area contributed by atoms with Gasteiger partial charge in [0, 0.05) is 0 Å². The predicted octanol–water partition coefficient (Wildman–Crippen LogP) is 2.13. The Morgan fingerprint density at radius 3 is 2.40 bits per heavy atom. The second-order valence-electron chi connectivity index (χ2n) is 4.83. The van der Waals surface area contributed by atoms with Crippen molar-refractivity contribution in [2.75, 3.05) is 25.6 Å². The monoisotopic (exact) mass is 340 g/mol. The second kappa shape index (κ2) is 8.93. The van der Waals surface area contributed by atoms with E-state index in [0.717, 1.165) is 0 Å². The summed E-state index contributed by atoms with van der Waals surface area (Å²) in [7, 11) is 1.55. The smallest absolute Gasteiger partial charge is 0.344 e. The van der Waals surface area contributed by atoms with Crippen molar-refractivity contribution in [3.05, 3.63) is 54.1 Å². The maximum Gasteiger partial charge on any atom is 0.344 e. The molecule has 2 rings (SSSR count). The van der Waals surface area contributed by atoms with Gasteiger partial charge in [0.05, 0.1) is 18.4 Å². The van der Waals surface area contributed by atoms with E-state index >= 15 is 0 Å². The van der Waals surface area contributed by atoms with Crippen LogP contribution in [0.25, 0.3) is 0 Å². The van der Waals surface area contributed by atoms with Gasteiger partial charge in [0.15, 0.2) is 13.2 Å². The Kier molecular flexibility index (Phi) is 6.37. The summed E-state index contributed by atoms with van der Waals surface area (Å²) in [6.45, 7) is -0.793. The van der Waals surface area contributed by atoms with Gasteiger partial charge in [-0.15, -0.1) is 0 Å². The molecule has 0 bridgehead atoms. The van der Waals surface area contributed by atoms with E-state index < -0.39 is 18.5 Å². The second-order valence-corrected chi connectivity index (χ2v) is 4.83. The lowest BCUT2D eigenvalue weighted by atomic mass is 10.2. The maximum atomic E-state index is 11.8. The van der Waals surface area contributed by atoms with Crippen molar-refractivity contribution in [1.82, 2.24) is 0 Å². The average molecular weight is 340 g/mol. The van der Waals surface area contributed by atoms with Gasteiger partial charge >= 0.3 is 5.97 Å². The molecule has 1 N–H and O–H groups in total. The zero-order valence-electron chi connectivity index (χ0n) is 13.5. The number of amides is 1. The molecule has 0 atom stereocenters. The SMILES string of the molecule is COc1ccc(OCC(=O)OCC(=O)Nc2ccccc2C#N)cc1. The number of hydrogen-bond donors (Lipinski definition) is 1. The molecule has 0 fully saturated rings. The molecule has 1 amide bonds. The summed E-state index contributed by atoms with van der Waals surface area (Å²) in [5, 5.41) is 11.5. The molecule has 0 radical (unpaired) electrons. The molecule has 0 aliphatic rings. The van der Waals surface area contributed by atoms with Crippen LogP contribution >= 0.6 is 0 Å². The van der Waals surface area contributed by atoms with Crippen LogP contribution in [0.1, 0.15) is 5.56 Å². The van der Waals surface area contributed by atoms with E-state index in [1.165, 1.54) is 0 Å². The third-order valence-corrected chi connectivity index (χ3v) is 3.10. The minimum absolute atomic E-state index is 0.324. The van der Waals surface area contributed by atoms with Crippen molar-refractivity contribution in [2.45, 2.75) is 0 Å². The van der Waals surface area contributed by atoms with Crippen LogP contribution in [0.15, 0.2) is 48.5 Å². The van der Waals surface area contributed by atoms with Crippen molar-refractivity contribution in [2.24, 2.45) is 0 Å². The summed E-state index contributed by atoms with van der Waals surface area (Å²) in [5.74, 6) is -0.0746. The van der Waals surface area contributed by atoms with E-state index in [9.17, 15) is 9.59 Å². The first kappa shape index (κ1) is 17.8. The number of benzene rings is 2. The van der Waals surface area contributed by atoms with Crippen LogP contribution in [-0.4, -0.2) is 32.2 Å². The molecule has 128 valence electrons. The van der Waals surface area contributed by atoms with Gasteiger partial charge in [0.2, 0.25) is 0 Å². The number of methoxy groups -OCH3 is 1. The van der Waals surface area contributed by atoms with Gasteiger partial charge in [-0.1, -0.05) is 12.1 Å². The normalized spacial score (nSPS) is 9.60. The molecule has 0 heterocycles. The molecule has 0 aliphatic heterocycles. The molecule has 0 unspecified atom stereocenters. The van der Waals surface area contributed by atoms with Crippen LogP contribution in [-0.2, 0) is 14.3 Å². The zero-order chi connectivity index (χ0) is 18.1. The van der Waals surface area contributed by atoms with Gasteiger partial charge < -0.3 is 19.5 Å². The number of esters is 1. The number of nitrogens with one attached hydrogen (secondary N) is 1. The number of anilines is 1. The number of nitriles is 1. The lowest BCUT2D eigenvalue weighted by Gasteiger charge is -2.09. The highest BCUT2D eigenvalue weighted by Crippen LogP contribution is 2.17. The summed E-state index contributed by atoms with van der Waals surface area (Å²) >= 11 is 0. The highest BCUT2D eigenvalue weighted by molar-refractivity contribution is 5.94. The van der Waals surface area contributed by atoms with Crippen LogP contribution < -0.4 is 14.8 Å². The molecule has 7 nitrogen and oxygen atoms in total. The summed E-state index contributed by atoms with van der Waals surface area (Å²) in [5.41, 5.74) is 0.686. The average Bonchev–Trinajstić information content (AvgIpc) is 2.65. The van der Waals surface area contributed by atoms with Crippen LogP contribution in [0, 0.1) is 11.3 Å². The lowest BCUT2D eigenvalue weighted by molar-refractivity contribution is -0.149. The van der Waals surface area contributed by atoms with Crippen molar-refractivity contribution in [3.63, 3.8) is 0 Å². The highest BCUT2D eigenvalue weighted by Gasteiger charge is 2.10.